The fraction of sp³-hybridized carbons (Fsp3) is 0.588. The average Bonchev–Trinajstić information content (AvgIpc) is 2.61. The van der Waals surface area contributed by atoms with Crippen molar-refractivity contribution in [2.45, 2.75) is 30.4 Å². The summed E-state index contributed by atoms with van der Waals surface area (Å²) in [4.78, 5) is 17.9. The zero-order valence-electron chi connectivity index (χ0n) is 13.5. The number of nitrogens with zero attached hydrogens (tertiary/aromatic N) is 2. The summed E-state index contributed by atoms with van der Waals surface area (Å²) in [7, 11) is 0. The van der Waals surface area contributed by atoms with E-state index in [1.165, 1.54) is 0 Å². The molecule has 0 saturated carbocycles. The van der Waals surface area contributed by atoms with E-state index >= 15 is 0 Å². The smallest absolute Gasteiger partial charge is 0.264 e. The molecule has 126 valence electrons. The van der Waals surface area contributed by atoms with Gasteiger partial charge in [0.15, 0.2) is 6.10 Å². The van der Waals surface area contributed by atoms with E-state index in [0.29, 0.717) is 25.4 Å². The number of hydrogen-bond acceptors (Lipinski definition) is 5. The number of ether oxygens (including phenoxy) is 1. The van der Waals surface area contributed by atoms with Crippen LogP contribution >= 0.6 is 11.8 Å². The monoisotopic (exact) mass is 336 g/mol. The van der Waals surface area contributed by atoms with Crippen molar-refractivity contribution in [3.63, 3.8) is 0 Å². The van der Waals surface area contributed by atoms with Crippen molar-refractivity contribution in [1.29, 1.82) is 0 Å². The van der Waals surface area contributed by atoms with Crippen LogP contribution in [0, 0.1) is 0 Å². The van der Waals surface area contributed by atoms with E-state index in [0.717, 1.165) is 30.2 Å². The van der Waals surface area contributed by atoms with Crippen molar-refractivity contribution >= 4 is 17.7 Å². The second-order valence-electron chi connectivity index (χ2n) is 6.05. The minimum absolute atomic E-state index is 0.0858. The number of amides is 1. The number of carbonyl (C=O) groups excluding carboxylic acids is 1. The summed E-state index contributed by atoms with van der Waals surface area (Å²) in [5, 5.41) is 9.74. The third-order valence-electron chi connectivity index (χ3n) is 4.41. The largest absolute Gasteiger partial charge is 0.479 e. The van der Waals surface area contributed by atoms with Crippen LogP contribution in [0.1, 0.15) is 13.3 Å². The van der Waals surface area contributed by atoms with E-state index < -0.39 is 0 Å². The molecule has 2 aliphatic rings. The van der Waals surface area contributed by atoms with Crippen LogP contribution < -0.4 is 4.74 Å². The molecular weight excluding hydrogens is 312 g/mol. The van der Waals surface area contributed by atoms with Gasteiger partial charge in [0.05, 0.1) is 6.10 Å². The van der Waals surface area contributed by atoms with E-state index in [1.54, 1.807) is 11.8 Å². The molecule has 1 aromatic carbocycles. The number of benzene rings is 1. The van der Waals surface area contributed by atoms with Crippen LogP contribution in [0.5, 0.6) is 5.75 Å². The maximum absolute atomic E-state index is 12.7. The minimum Gasteiger partial charge on any atom is -0.479 e. The summed E-state index contributed by atoms with van der Waals surface area (Å²) in [6.45, 7) is 5.74. The van der Waals surface area contributed by atoms with E-state index in [9.17, 15) is 9.90 Å². The Bertz CT molecular complexity index is 546. The molecule has 2 atom stereocenters. The van der Waals surface area contributed by atoms with E-state index in [4.69, 9.17) is 4.74 Å². The zero-order valence-corrected chi connectivity index (χ0v) is 14.3. The highest BCUT2D eigenvalue weighted by atomic mass is 32.2. The predicted molar refractivity (Wildman–Crippen MR) is 90.9 cm³/mol. The van der Waals surface area contributed by atoms with Gasteiger partial charge in [0.1, 0.15) is 5.75 Å². The molecule has 2 heterocycles. The fourth-order valence-electron chi connectivity index (χ4n) is 2.92. The van der Waals surface area contributed by atoms with Crippen molar-refractivity contribution in [1.82, 2.24) is 9.80 Å². The van der Waals surface area contributed by atoms with Crippen LogP contribution in [0.3, 0.4) is 0 Å². The van der Waals surface area contributed by atoms with Crippen LogP contribution in [0.4, 0.5) is 0 Å². The molecule has 1 fully saturated rings. The van der Waals surface area contributed by atoms with Crippen molar-refractivity contribution in [2.75, 3.05) is 38.5 Å². The summed E-state index contributed by atoms with van der Waals surface area (Å²) < 4.78 is 5.89. The predicted octanol–water partition coefficient (Wildman–Crippen LogP) is 1.45. The summed E-state index contributed by atoms with van der Waals surface area (Å²) in [6.07, 6.45) is 0.112. The molecular formula is C17H24N2O3S. The molecule has 23 heavy (non-hydrogen) atoms. The lowest BCUT2D eigenvalue weighted by Gasteiger charge is -2.37. The van der Waals surface area contributed by atoms with Crippen LogP contribution in [0.25, 0.3) is 0 Å². The second-order valence-corrected chi connectivity index (χ2v) is 7.11. The maximum atomic E-state index is 12.7. The van der Waals surface area contributed by atoms with Crippen molar-refractivity contribution in [3.05, 3.63) is 24.3 Å². The first-order chi connectivity index (χ1) is 11.2. The number of aliphatic hydroxyl groups is 1. The highest BCUT2D eigenvalue weighted by Crippen LogP contribution is 2.35. The van der Waals surface area contributed by atoms with Crippen LogP contribution in [0.15, 0.2) is 29.2 Å². The molecule has 0 aromatic heterocycles. The Morgan fingerprint density at radius 2 is 2.09 bits per heavy atom. The molecule has 6 heteroatoms. The van der Waals surface area contributed by atoms with Crippen LogP contribution in [-0.2, 0) is 4.79 Å². The van der Waals surface area contributed by atoms with Crippen molar-refractivity contribution in [3.8, 4) is 5.75 Å². The van der Waals surface area contributed by atoms with Gasteiger partial charge in [-0.3, -0.25) is 9.69 Å². The van der Waals surface area contributed by atoms with Crippen molar-refractivity contribution in [2.24, 2.45) is 0 Å². The van der Waals surface area contributed by atoms with Gasteiger partial charge < -0.3 is 14.7 Å². The third-order valence-corrected chi connectivity index (χ3v) is 5.53. The summed E-state index contributed by atoms with van der Waals surface area (Å²) in [6, 6.07) is 7.87. The van der Waals surface area contributed by atoms with Crippen molar-refractivity contribution < 1.29 is 14.6 Å². The number of fused-ring (bicyclic) bond motifs is 1. The van der Waals surface area contributed by atoms with Gasteiger partial charge in [0, 0.05) is 43.4 Å². The quantitative estimate of drug-likeness (QED) is 0.902. The molecule has 0 radical (unpaired) electrons. The maximum Gasteiger partial charge on any atom is 0.264 e. The van der Waals surface area contributed by atoms with Gasteiger partial charge in [-0.1, -0.05) is 19.1 Å². The molecule has 0 spiro atoms. The van der Waals surface area contributed by atoms with Gasteiger partial charge in [0.25, 0.3) is 5.91 Å². The number of thioether (sulfide) groups is 1. The first-order valence-corrected chi connectivity index (χ1v) is 9.23. The number of carbonyl (C=O) groups is 1. The Kier molecular flexibility index (Phi) is 5.46. The molecule has 1 saturated heterocycles. The molecule has 0 unspecified atom stereocenters. The summed E-state index contributed by atoms with van der Waals surface area (Å²) in [5.41, 5.74) is 0. The number of rotatable bonds is 4. The standard InChI is InChI=1S/C17H24N2O3S/c1-2-13(20)11-18-7-9-19(10-8-18)17(21)15-12-23-16-6-4-3-5-14(16)22-15/h3-6,13,15,20H,2,7-12H2,1H3/t13-,15-/m1/s1. The Morgan fingerprint density at radius 1 is 1.35 bits per heavy atom. The number of para-hydroxylation sites is 1. The highest BCUT2D eigenvalue weighted by molar-refractivity contribution is 7.99. The molecule has 1 amide bonds. The summed E-state index contributed by atoms with van der Waals surface area (Å²) in [5.74, 6) is 1.57. The molecule has 2 aliphatic heterocycles. The summed E-state index contributed by atoms with van der Waals surface area (Å²) >= 11 is 1.69. The fourth-order valence-corrected chi connectivity index (χ4v) is 3.90. The lowest BCUT2D eigenvalue weighted by molar-refractivity contribution is -0.139. The average molecular weight is 336 g/mol. The Balaban J connectivity index is 1.52. The minimum atomic E-state index is -0.386. The van der Waals surface area contributed by atoms with Gasteiger partial charge in [-0.15, -0.1) is 11.8 Å². The van der Waals surface area contributed by atoms with Gasteiger partial charge >= 0.3 is 0 Å². The molecule has 0 aliphatic carbocycles. The Morgan fingerprint density at radius 3 is 2.83 bits per heavy atom. The van der Waals surface area contributed by atoms with E-state index in [2.05, 4.69) is 4.90 Å². The van der Waals surface area contributed by atoms with Gasteiger partial charge in [-0.05, 0) is 18.6 Å². The van der Waals surface area contributed by atoms with Crippen LogP contribution in [-0.4, -0.2) is 71.5 Å². The molecule has 1 aromatic rings. The number of piperazine rings is 1. The lowest BCUT2D eigenvalue weighted by Crippen LogP contribution is -2.54. The van der Waals surface area contributed by atoms with Gasteiger partial charge in [0.2, 0.25) is 0 Å². The topological polar surface area (TPSA) is 53.0 Å². The van der Waals surface area contributed by atoms with E-state index in [1.807, 2.05) is 36.1 Å². The normalized spacial score (nSPS) is 23.0. The molecule has 5 nitrogen and oxygen atoms in total. The van der Waals surface area contributed by atoms with Gasteiger partial charge in [-0.2, -0.15) is 0 Å². The first-order valence-electron chi connectivity index (χ1n) is 8.25. The molecule has 3 rings (SSSR count). The highest BCUT2D eigenvalue weighted by Gasteiger charge is 2.32. The number of hydrogen-bond donors (Lipinski definition) is 1. The number of aliphatic hydroxyl groups excluding tert-OH is 1. The Labute approximate surface area is 141 Å². The van der Waals surface area contributed by atoms with Gasteiger partial charge in [-0.25, -0.2) is 0 Å². The Hall–Kier alpha value is -1.24. The zero-order chi connectivity index (χ0) is 16.2. The third kappa shape index (κ3) is 4.00. The molecule has 1 N–H and O–H groups in total. The SMILES string of the molecule is CC[C@@H](O)CN1CCN(C(=O)[C@H]2CSc3ccccc3O2)CC1. The first kappa shape index (κ1) is 16.6. The molecule has 0 bridgehead atoms. The van der Waals surface area contributed by atoms with E-state index in [-0.39, 0.29) is 18.1 Å². The number of β-amino-alcohol motifs (C(OH)–C–C–N with tert-alkyl or cyclic N) is 1. The van der Waals surface area contributed by atoms with Crippen LogP contribution in [0.2, 0.25) is 0 Å². The second kappa shape index (κ2) is 7.55. The lowest BCUT2D eigenvalue weighted by atomic mass is 10.2.